The molecular formula is C13H19N5O2. The fraction of sp³-hybridized carbons (Fsp3) is 0.538. The Balaban J connectivity index is 2.65. The Kier molecular flexibility index (Phi) is 5.72. The van der Waals surface area contributed by atoms with Crippen LogP contribution in [0.5, 0.6) is 0 Å². The second-order valence-electron chi connectivity index (χ2n) is 4.41. The molecule has 0 radical (unpaired) electrons. The largest absolute Gasteiger partial charge is 0.333 e. The van der Waals surface area contributed by atoms with Crippen LogP contribution in [0.1, 0.15) is 20.8 Å². The number of anilines is 1. The van der Waals surface area contributed by atoms with Crippen LogP contribution in [-0.2, 0) is 16.1 Å². The van der Waals surface area contributed by atoms with Crippen LogP contribution in [-0.4, -0.2) is 39.6 Å². The molecule has 0 unspecified atom stereocenters. The van der Waals surface area contributed by atoms with E-state index in [0.717, 1.165) is 0 Å². The van der Waals surface area contributed by atoms with Crippen LogP contribution < -0.4 is 5.32 Å². The average Bonchev–Trinajstić information content (AvgIpc) is 2.91. The van der Waals surface area contributed by atoms with Crippen molar-refractivity contribution in [2.45, 2.75) is 27.3 Å². The molecule has 7 heteroatoms. The van der Waals surface area contributed by atoms with Crippen LogP contribution in [0.3, 0.4) is 0 Å². The highest BCUT2D eigenvalue weighted by Gasteiger charge is 2.22. The van der Waals surface area contributed by atoms with Gasteiger partial charge in [0, 0.05) is 25.8 Å². The molecule has 0 saturated carbocycles. The number of hydrogen-bond acceptors (Lipinski definition) is 4. The summed E-state index contributed by atoms with van der Waals surface area (Å²) >= 11 is 0. The molecule has 20 heavy (non-hydrogen) atoms. The number of rotatable bonds is 5. The molecule has 108 valence electrons. The Hall–Kier alpha value is -2.36. The molecule has 2 amide bonds. The second kappa shape index (κ2) is 7.28. The molecule has 0 aromatic carbocycles. The summed E-state index contributed by atoms with van der Waals surface area (Å²) in [5.74, 6) is -1.67. The second-order valence-corrected chi connectivity index (χ2v) is 4.41. The molecule has 0 aliphatic rings. The number of nitriles is 1. The molecule has 0 fully saturated rings. The number of aromatic nitrogens is 2. The van der Waals surface area contributed by atoms with E-state index in [1.54, 1.807) is 24.7 Å². The van der Waals surface area contributed by atoms with E-state index in [4.69, 9.17) is 5.26 Å². The van der Waals surface area contributed by atoms with E-state index < -0.39 is 11.8 Å². The lowest BCUT2D eigenvalue weighted by atomic mass is 10.2. The van der Waals surface area contributed by atoms with Crippen molar-refractivity contribution in [2.75, 3.05) is 18.4 Å². The normalized spacial score (nSPS) is 11.5. The molecular weight excluding hydrogens is 258 g/mol. The van der Waals surface area contributed by atoms with E-state index in [0.29, 0.717) is 18.8 Å². The zero-order valence-corrected chi connectivity index (χ0v) is 12.0. The SMILES string of the molecule is CCN(C[C@H](C)C#N)C(=O)C(=O)Nc1cnn(CC)c1. The first-order chi connectivity index (χ1) is 9.51. The maximum atomic E-state index is 12.0. The summed E-state index contributed by atoms with van der Waals surface area (Å²) in [7, 11) is 0. The first-order valence-corrected chi connectivity index (χ1v) is 6.54. The Labute approximate surface area is 118 Å². The van der Waals surface area contributed by atoms with Crippen molar-refractivity contribution in [3.05, 3.63) is 12.4 Å². The maximum absolute atomic E-state index is 12.0. The van der Waals surface area contributed by atoms with Gasteiger partial charge in [0.2, 0.25) is 0 Å². The number of hydrogen-bond donors (Lipinski definition) is 1. The molecule has 0 bridgehead atoms. The maximum Gasteiger partial charge on any atom is 0.313 e. The minimum absolute atomic E-state index is 0.244. The molecule has 1 aromatic heterocycles. The molecule has 0 aliphatic carbocycles. The molecule has 0 aliphatic heterocycles. The summed E-state index contributed by atoms with van der Waals surface area (Å²) in [6.07, 6.45) is 3.14. The number of nitrogens with zero attached hydrogens (tertiary/aromatic N) is 4. The third-order valence-electron chi connectivity index (χ3n) is 2.79. The van der Waals surface area contributed by atoms with E-state index in [1.807, 2.05) is 13.0 Å². The Morgan fingerprint density at radius 3 is 2.75 bits per heavy atom. The van der Waals surface area contributed by atoms with Gasteiger partial charge in [0.05, 0.1) is 23.9 Å². The summed E-state index contributed by atoms with van der Waals surface area (Å²) in [6.45, 7) is 6.71. The van der Waals surface area contributed by atoms with Crippen LogP contribution in [0.4, 0.5) is 5.69 Å². The van der Waals surface area contributed by atoms with Crippen molar-refractivity contribution in [3.63, 3.8) is 0 Å². The van der Waals surface area contributed by atoms with Crippen LogP contribution in [0.25, 0.3) is 0 Å². The number of amides is 2. The van der Waals surface area contributed by atoms with Gasteiger partial charge in [0.25, 0.3) is 0 Å². The lowest BCUT2D eigenvalue weighted by Gasteiger charge is -2.20. The van der Waals surface area contributed by atoms with Gasteiger partial charge < -0.3 is 10.2 Å². The number of aryl methyl sites for hydroxylation is 1. The van der Waals surface area contributed by atoms with E-state index in [9.17, 15) is 9.59 Å². The molecule has 1 N–H and O–H groups in total. The predicted octanol–water partition coefficient (Wildman–Crippen LogP) is 0.850. The van der Waals surface area contributed by atoms with Crippen molar-refractivity contribution in [1.82, 2.24) is 14.7 Å². The van der Waals surface area contributed by atoms with Crippen molar-refractivity contribution in [3.8, 4) is 6.07 Å². The van der Waals surface area contributed by atoms with Crippen molar-refractivity contribution < 1.29 is 9.59 Å². The lowest BCUT2D eigenvalue weighted by Crippen LogP contribution is -2.41. The smallest absolute Gasteiger partial charge is 0.313 e. The minimum Gasteiger partial charge on any atom is -0.333 e. The number of likely N-dealkylation sites (N-methyl/N-ethyl adjacent to an activating group) is 1. The van der Waals surface area contributed by atoms with Crippen LogP contribution >= 0.6 is 0 Å². The lowest BCUT2D eigenvalue weighted by molar-refractivity contribution is -0.143. The highest BCUT2D eigenvalue weighted by molar-refractivity contribution is 6.39. The fourth-order valence-electron chi connectivity index (χ4n) is 1.66. The Morgan fingerprint density at radius 1 is 1.55 bits per heavy atom. The number of carbonyl (C=O) groups is 2. The standard InChI is InChI=1S/C13H19N5O2/c1-4-17(8-10(3)6-14)13(20)12(19)16-11-7-15-18(5-2)9-11/h7,9-10H,4-5,8H2,1-3H3,(H,16,19)/t10-/m1/s1. The first-order valence-electron chi connectivity index (χ1n) is 6.54. The third kappa shape index (κ3) is 4.09. The van der Waals surface area contributed by atoms with Gasteiger partial charge in [-0.15, -0.1) is 0 Å². The minimum atomic E-state index is -0.715. The summed E-state index contributed by atoms with van der Waals surface area (Å²) in [6, 6.07) is 2.05. The van der Waals surface area contributed by atoms with Crippen LogP contribution in [0, 0.1) is 17.2 Å². The van der Waals surface area contributed by atoms with Gasteiger partial charge in [0.15, 0.2) is 0 Å². The van der Waals surface area contributed by atoms with Gasteiger partial charge in [0.1, 0.15) is 0 Å². The van der Waals surface area contributed by atoms with Crippen molar-refractivity contribution in [2.24, 2.45) is 5.92 Å². The molecule has 7 nitrogen and oxygen atoms in total. The monoisotopic (exact) mass is 277 g/mol. The topological polar surface area (TPSA) is 91.0 Å². The summed E-state index contributed by atoms with van der Waals surface area (Å²) < 4.78 is 1.65. The molecule has 1 rings (SSSR count). The van der Waals surface area contributed by atoms with E-state index in [1.165, 1.54) is 11.1 Å². The van der Waals surface area contributed by atoms with E-state index in [2.05, 4.69) is 10.4 Å². The zero-order chi connectivity index (χ0) is 15.1. The molecule has 1 aromatic rings. The van der Waals surface area contributed by atoms with Crippen molar-refractivity contribution >= 4 is 17.5 Å². The van der Waals surface area contributed by atoms with Gasteiger partial charge in [-0.3, -0.25) is 14.3 Å². The van der Waals surface area contributed by atoms with Gasteiger partial charge >= 0.3 is 11.8 Å². The summed E-state index contributed by atoms with van der Waals surface area (Å²) in [5, 5.41) is 15.3. The van der Waals surface area contributed by atoms with Gasteiger partial charge in [-0.2, -0.15) is 10.4 Å². The molecule has 0 saturated heterocycles. The van der Waals surface area contributed by atoms with Gasteiger partial charge in [-0.1, -0.05) is 0 Å². The number of nitrogens with one attached hydrogen (secondary N) is 1. The molecule has 1 atom stereocenters. The van der Waals surface area contributed by atoms with Crippen molar-refractivity contribution in [1.29, 1.82) is 5.26 Å². The molecule has 0 spiro atoms. The Bertz CT molecular complexity index is 517. The van der Waals surface area contributed by atoms with Crippen LogP contribution in [0.15, 0.2) is 12.4 Å². The van der Waals surface area contributed by atoms with Gasteiger partial charge in [-0.25, -0.2) is 0 Å². The average molecular weight is 277 g/mol. The van der Waals surface area contributed by atoms with E-state index in [-0.39, 0.29) is 12.5 Å². The highest BCUT2D eigenvalue weighted by Crippen LogP contribution is 2.06. The first kappa shape index (κ1) is 15.7. The number of carbonyl (C=O) groups excluding carboxylic acids is 2. The zero-order valence-electron chi connectivity index (χ0n) is 12.0. The van der Waals surface area contributed by atoms with Crippen LogP contribution in [0.2, 0.25) is 0 Å². The third-order valence-corrected chi connectivity index (χ3v) is 2.79. The predicted molar refractivity (Wildman–Crippen MR) is 73.6 cm³/mol. The fourth-order valence-corrected chi connectivity index (χ4v) is 1.66. The quantitative estimate of drug-likeness (QED) is 0.808. The summed E-state index contributed by atoms with van der Waals surface area (Å²) in [5.41, 5.74) is 0.481. The highest BCUT2D eigenvalue weighted by atomic mass is 16.2. The van der Waals surface area contributed by atoms with E-state index >= 15 is 0 Å². The molecule has 1 heterocycles. The summed E-state index contributed by atoms with van der Waals surface area (Å²) in [4.78, 5) is 25.2. The Morgan fingerprint density at radius 2 is 2.25 bits per heavy atom. The van der Waals surface area contributed by atoms with Gasteiger partial charge in [-0.05, 0) is 20.8 Å².